The number of nitro benzene ring substituents is 1. The largest absolute Gasteiger partial charge is 0.493 e. The number of hydrogen-bond donors (Lipinski definition) is 0. The Labute approximate surface area is 209 Å². The lowest BCUT2D eigenvalue weighted by molar-refractivity contribution is -0.384. The van der Waals surface area contributed by atoms with Gasteiger partial charge in [0.1, 0.15) is 6.61 Å². The van der Waals surface area contributed by atoms with Gasteiger partial charge in [-0.05, 0) is 94.7 Å². The summed E-state index contributed by atoms with van der Waals surface area (Å²) in [5.74, 6) is 0.713. The molecule has 0 unspecified atom stereocenters. The standard InChI is InChI=1S/C25H19IN2O6/c1-15-11-18(6-9-20(15)26)24-27-21(25(29)34-24)12-17-5-10-22(23(13-17)32-2)33-14-16-3-7-19(8-4-16)28(30)31/h3-13H,14H2,1-2H3/b21-12-. The van der Waals surface area contributed by atoms with Gasteiger partial charge in [-0.3, -0.25) is 10.1 Å². The fourth-order valence-electron chi connectivity index (χ4n) is 3.24. The van der Waals surface area contributed by atoms with Crippen molar-refractivity contribution in [3.63, 3.8) is 0 Å². The number of non-ortho nitro benzene ring substituents is 1. The van der Waals surface area contributed by atoms with E-state index in [9.17, 15) is 14.9 Å². The van der Waals surface area contributed by atoms with Crippen LogP contribution < -0.4 is 9.47 Å². The molecule has 0 amide bonds. The topological polar surface area (TPSA) is 100 Å². The van der Waals surface area contributed by atoms with Gasteiger partial charge in [-0.1, -0.05) is 6.07 Å². The molecule has 0 bridgehead atoms. The highest BCUT2D eigenvalue weighted by molar-refractivity contribution is 14.1. The van der Waals surface area contributed by atoms with Crippen LogP contribution in [0.2, 0.25) is 0 Å². The quantitative estimate of drug-likeness (QED) is 0.123. The molecule has 0 saturated carbocycles. The Morgan fingerprint density at radius 3 is 2.53 bits per heavy atom. The molecular weight excluding hydrogens is 551 g/mol. The molecule has 1 aliphatic rings. The monoisotopic (exact) mass is 570 g/mol. The average molecular weight is 570 g/mol. The van der Waals surface area contributed by atoms with Crippen LogP contribution in [0.3, 0.4) is 0 Å². The molecule has 172 valence electrons. The number of nitro groups is 1. The van der Waals surface area contributed by atoms with Gasteiger partial charge in [-0.2, -0.15) is 0 Å². The number of cyclic esters (lactones) is 1. The van der Waals surface area contributed by atoms with Crippen LogP contribution >= 0.6 is 22.6 Å². The van der Waals surface area contributed by atoms with Crippen LogP contribution in [0.25, 0.3) is 6.08 Å². The summed E-state index contributed by atoms with van der Waals surface area (Å²) in [6, 6.07) is 17.1. The van der Waals surface area contributed by atoms with Crippen LogP contribution in [-0.4, -0.2) is 23.9 Å². The van der Waals surface area contributed by atoms with E-state index in [0.29, 0.717) is 17.1 Å². The number of nitrogens with zero attached hydrogens (tertiary/aromatic N) is 2. The second-order valence-corrected chi connectivity index (χ2v) is 8.58. The van der Waals surface area contributed by atoms with Gasteiger partial charge in [-0.25, -0.2) is 9.79 Å². The van der Waals surface area contributed by atoms with Crippen molar-refractivity contribution in [1.82, 2.24) is 0 Å². The first-order valence-corrected chi connectivity index (χ1v) is 11.2. The number of halogens is 1. The number of esters is 1. The predicted molar refractivity (Wildman–Crippen MR) is 135 cm³/mol. The number of methoxy groups -OCH3 is 1. The highest BCUT2D eigenvalue weighted by Gasteiger charge is 2.24. The van der Waals surface area contributed by atoms with E-state index in [4.69, 9.17) is 14.2 Å². The Morgan fingerprint density at radius 1 is 1.09 bits per heavy atom. The van der Waals surface area contributed by atoms with Gasteiger partial charge >= 0.3 is 5.97 Å². The van der Waals surface area contributed by atoms with Crippen molar-refractivity contribution in [3.8, 4) is 11.5 Å². The number of carbonyl (C=O) groups is 1. The smallest absolute Gasteiger partial charge is 0.363 e. The van der Waals surface area contributed by atoms with E-state index in [1.807, 2.05) is 25.1 Å². The molecule has 0 atom stereocenters. The number of rotatable bonds is 7. The van der Waals surface area contributed by atoms with E-state index in [2.05, 4.69) is 27.6 Å². The van der Waals surface area contributed by atoms with E-state index in [0.717, 1.165) is 20.3 Å². The maximum absolute atomic E-state index is 12.4. The molecule has 1 aliphatic heterocycles. The fourth-order valence-corrected chi connectivity index (χ4v) is 3.57. The lowest BCUT2D eigenvalue weighted by atomic mass is 10.1. The van der Waals surface area contributed by atoms with E-state index in [1.165, 1.54) is 19.2 Å². The lowest BCUT2D eigenvalue weighted by Gasteiger charge is -2.11. The summed E-state index contributed by atoms with van der Waals surface area (Å²) < 4.78 is 17.7. The third-order valence-electron chi connectivity index (χ3n) is 5.06. The molecule has 1 heterocycles. The molecule has 0 aliphatic carbocycles. The Bertz CT molecular complexity index is 1330. The Morgan fingerprint density at radius 2 is 1.85 bits per heavy atom. The summed E-state index contributed by atoms with van der Waals surface area (Å²) in [6.07, 6.45) is 1.62. The van der Waals surface area contributed by atoms with Crippen LogP contribution in [0.1, 0.15) is 22.3 Å². The van der Waals surface area contributed by atoms with E-state index < -0.39 is 10.9 Å². The minimum absolute atomic E-state index is 0.0205. The molecule has 0 saturated heterocycles. The minimum atomic E-state index is -0.524. The Hall–Kier alpha value is -3.73. The van der Waals surface area contributed by atoms with Crippen LogP contribution in [-0.2, 0) is 16.1 Å². The van der Waals surface area contributed by atoms with E-state index in [1.54, 1.807) is 36.4 Å². The SMILES string of the molecule is COc1cc(/C=C2\N=C(c3ccc(I)c(C)c3)OC2=O)ccc1OCc1ccc([N+](=O)[O-])cc1. The third-order valence-corrected chi connectivity index (χ3v) is 6.27. The molecule has 3 aromatic carbocycles. The van der Waals surface area contributed by atoms with E-state index >= 15 is 0 Å². The number of ether oxygens (including phenoxy) is 3. The van der Waals surface area contributed by atoms with Gasteiger partial charge in [0.05, 0.1) is 12.0 Å². The first kappa shape index (κ1) is 23.4. The molecule has 3 aromatic rings. The van der Waals surface area contributed by atoms with Crippen molar-refractivity contribution in [1.29, 1.82) is 0 Å². The summed E-state index contributed by atoms with van der Waals surface area (Å²) in [5, 5.41) is 10.8. The van der Waals surface area contributed by atoms with Crippen molar-refractivity contribution < 1.29 is 23.9 Å². The van der Waals surface area contributed by atoms with Crippen molar-refractivity contribution in [2.75, 3.05) is 7.11 Å². The number of hydrogen-bond acceptors (Lipinski definition) is 7. The van der Waals surface area contributed by atoms with Gasteiger partial charge in [0.15, 0.2) is 17.2 Å². The van der Waals surface area contributed by atoms with Crippen molar-refractivity contribution in [3.05, 3.63) is 102 Å². The maximum Gasteiger partial charge on any atom is 0.363 e. The molecule has 0 radical (unpaired) electrons. The molecule has 8 nitrogen and oxygen atoms in total. The van der Waals surface area contributed by atoms with Crippen LogP contribution in [0, 0.1) is 20.6 Å². The van der Waals surface area contributed by atoms with Gasteiger partial charge in [0.25, 0.3) is 5.69 Å². The highest BCUT2D eigenvalue weighted by Crippen LogP contribution is 2.31. The van der Waals surface area contributed by atoms with Crippen molar-refractivity contribution in [2.45, 2.75) is 13.5 Å². The average Bonchev–Trinajstić information content (AvgIpc) is 3.20. The fraction of sp³-hybridized carbons (Fsp3) is 0.120. The third kappa shape index (κ3) is 5.25. The Balaban J connectivity index is 1.51. The minimum Gasteiger partial charge on any atom is -0.493 e. The molecule has 0 aromatic heterocycles. The second kappa shape index (κ2) is 10.0. The molecular formula is C25H19IN2O6. The maximum atomic E-state index is 12.4. The van der Waals surface area contributed by atoms with Crippen LogP contribution in [0.5, 0.6) is 11.5 Å². The highest BCUT2D eigenvalue weighted by atomic mass is 127. The summed E-state index contributed by atoms with van der Waals surface area (Å²) in [7, 11) is 1.52. The number of aliphatic imine (C=N–C) groups is 1. The zero-order valence-corrected chi connectivity index (χ0v) is 20.4. The molecule has 34 heavy (non-hydrogen) atoms. The predicted octanol–water partition coefficient (Wildman–Crippen LogP) is 5.44. The van der Waals surface area contributed by atoms with Gasteiger partial charge < -0.3 is 14.2 Å². The molecule has 4 rings (SSSR count). The first-order chi connectivity index (χ1) is 16.3. The summed E-state index contributed by atoms with van der Waals surface area (Å²) in [4.78, 5) is 27.1. The number of benzene rings is 3. The van der Waals surface area contributed by atoms with Crippen LogP contribution in [0.4, 0.5) is 5.69 Å². The number of aryl methyl sites for hydroxylation is 1. The first-order valence-electron chi connectivity index (χ1n) is 10.2. The van der Waals surface area contributed by atoms with Crippen LogP contribution in [0.15, 0.2) is 71.4 Å². The van der Waals surface area contributed by atoms with Gasteiger partial charge in [0.2, 0.25) is 5.90 Å². The van der Waals surface area contributed by atoms with Gasteiger partial charge in [0, 0.05) is 21.3 Å². The Kier molecular flexibility index (Phi) is 6.92. The van der Waals surface area contributed by atoms with Crippen molar-refractivity contribution >= 4 is 46.2 Å². The van der Waals surface area contributed by atoms with Crippen molar-refractivity contribution in [2.24, 2.45) is 4.99 Å². The number of carbonyl (C=O) groups excluding carboxylic acids is 1. The lowest BCUT2D eigenvalue weighted by Crippen LogP contribution is -2.05. The molecule has 0 N–H and O–H groups in total. The van der Waals surface area contributed by atoms with E-state index in [-0.39, 0.29) is 23.9 Å². The molecule has 0 fully saturated rings. The summed E-state index contributed by atoms with van der Waals surface area (Å²) in [6.45, 7) is 2.20. The molecule has 0 spiro atoms. The normalized spacial score (nSPS) is 14.0. The second-order valence-electron chi connectivity index (χ2n) is 7.42. The molecule has 9 heteroatoms. The van der Waals surface area contributed by atoms with Gasteiger partial charge in [-0.15, -0.1) is 0 Å². The zero-order valence-electron chi connectivity index (χ0n) is 18.3. The zero-order chi connectivity index (χ0) is 24.2. The summed E-state index contributed by atoms with van der Waals surface area (Å²) in [5.41, 5.74) is 3.49. The summed E-state index contributed by atoms with van der Waals surface area (Å²) >= 11 is 2.24.